The highest BCUT2D eigenvalue weighted by Gasteiger charge is 1.65. The summed E-state index contributed by atoms with van der Waals surface area (Å²) in [5.74, 6) is -0.833. The van der Waals surface area contributed by atoms with Gasteiger partial charge in [-0.05, 0) is 0 Å². The summed E-state index contributed by atoms with van der Waals surface area (Å²) in [6.07, 6.45) is 0. The van der Waals surface area contributed by atoms with Gasteiger partial charge in [-0.25, -0.2) is 10.8 Å². The molecule has 0 aromatic rings. The fourth-order valence-electron chi connectivity index (χ4n) is 0. The lowest BCUT2D eigenvalue weighted by atomic mass is 10.9. The first-order valence-electron chi connectivity index (χ1n) is 1.43. The SMILES string of the molecule is CC(=O)O.N=C=N. The maximum atomic E-state index is 9.00. The smallest absolute Gasteiger partial charge is 0.300 e. The highest BCUT2D eigenvalue weighted by molar-refractivity contribution is 5.62. The summed E-state index contributed by atoms with van der Waals surface area (Å²) in [6.45, 7) is 1.08. The fourth-order valence-corrected chi connectivity index (χ4v) is 0. The van der Waals surface area contributed by atoms with Crippen LogP contribution in [0.15, 0.2) is 0 Å². The van der Waals surface area contributed by atoms with Gasteiger partial charge in [0.05, 0.1) is 6.01 Å². The van der Waals surface area contributed by atoms with Crippen LogP contribution >= 0.6 is 0 Å². The molecule has 0 bridgehead atoms. The Balaban J connectivity index is 0. The van der Waals surface area contributed by atoms with E-state index in [9.17, 15) is 0 Å². The van der Waals surface area contributed by atoms with Crippen molar-refractivity contribution in [3.63, 3.8) is 0 Å². The van der Waals surface area contributed by atoms with Gasteiger partial charge in [0.15, 0.2) is 0 Å². The second-order valence-corrected chi connectivity index (χ2v) is 0.644. The Morgan fingerprint density at radius 2 is 1.71 bits per heavy atom. The van der Waals surface area contributed by atoms with Crippen molar-refractivity contribution in [2.75, 3.05) is 0 Å². The number of hydrogen-bond acceptors (Lipinski definition) is 3. The maximum absolute atomic E-state index is 9.00. The third-order valence-corrected chi connectivity index (χ3v) is 0. The first-order valence-corrected chi connectivity index (χ1v) is 1.43. The molecule has 0 amide bonds. The molecule has 4 heteroatoms. The minimum Gasteiger partial charge on any atom is -0.481 e. The standard InChI is InChI=1S/C2H4O2.CH2N2/c1-2(3)4;2-1-3/h1H3,(H,3,4);2-3H. The Kier molecular flexibility index (Phi) is 11.7. The summed E-state index contributed by atoms with van der Waals surface area (Å²) in [7, 11) is 0. The van der Waals surface area contributed by atoms with Gasteiger partial charge in [0.1, 0.15) is 0 Å². The lowest BCUT2D eigenvalue weighted by molar-refractivity contribution is -0.134. The number of rotatable bonds is 0. The van der Waals surface area contributed by atoms with Gasteiger partial charge in [-0.15, -0.1) is 0 Å². The molecule has 0 rings (SSSR count). The normalized spacial score (nSPS) is 4.71. The molecule has 4 nitrogen and oxygen atoms in total. The van der Waals surface area contributed by atoms with E-state index >= 15 is 0 Å². The predicted octanol–water partition coefficient (Wildman–Crippen LogP) is 0.409. The summed E-state index contributed by atoms with van der Waals surface area (Å²) in [5, 5.41) is 18.7. The van der Waals surface area contributed by atoms with Crippen molar-refractivity contribution < 1.29 is 9.90 Å². The van der Waals surface area contributed by atoms with Crippen LogP contribution in [-0.4, -0.2) is 17.1 Å². The van der Waals surface area contributed by atoms with Gasteiger partial charge in [0.2, 0.25) is 0 Å². The zero-order valence-electron chi connectivity index (χ0n) is 3.86. The van der Waals surface area contributed by atoms with E-state index in [-0.39, 0.29) is 0 Å². The second-order valence-electron chi connectivity index (χ2n) is 0.644. The maximum Gasteiger partial charge on any atom is 0.300 e. The van der Waals surface area contributed by atoms with Crippen molar-refractivity contribution in [3.8, 4) is 0 Å². The van der Waals surface area contributed by atoms with E-state index in [4.69, 9.17) is 20.7 Å². The molecule has 0 aliphatic heterocycles. The number of aliphatic carboxylic acids is 1. The minimum absolute atomic E-state index is 0.833. The van der Waals surface area contributed by atoms with E-state index in [2.05, 4.69) is 0 Å². The summed E-state index contributed by atoms with van der Waals surface area (Å²) < 4.78 is 0. The van der Waals surface area contributed by atoms with Gasteiger partial charge < -0.3 is 5.11 Å². The number of hydrogen-bond donors (Lipinski definition) is 3. The van der Waals surface area contributed by atoms with E-state index in [0.717, 1.165) is 6.92 Å². The largest absolute Gasteiger partial charge is 0.481 e. The second kappa shape index (κ2) is 8.85. The first kappa shape index (κ1) is 9.28. The van der Waals surface area contributed by atoms with E-state index in [1.54, 1.807) is 0 Å². The minimum atomic E-state index is -0.833. The fraction of sp³-hybridized carbons (Fsp3) is 0.333. The number of carboxylic acid groups (broad SMARTS) is 1. The third-order valence-electron chi connectivity index (χ3n) is 0. The van der Waals surface area contributed by atoms with E-state index in [0.29, 0.717) is 0 Å². The average molecular weight is 102 g/mol. The monoisotopic (exact) mass is 102 g/mol. The van der Waals surface area contributed by atoms with E-state index < -0.39 is 5.97 Å². The highest BCUT2D eigenvalue weighted by Crippen LogP contribution is 1.42. The van der Waals surface area contributed by atoms with Crippen molar-refractivity contribution in [2.45, 2.75) is 6.92 Å². The van der Waals surface area contributed by atoms with Crippen LogP contribution in [0.25, 0.3) is 0 Å². The number of carboxylic acids is 1. The molecule has 0 aliphatic carbocycles. The molecule has 0 fully saturated rings. The van der Waals surface area contributed by atoms with Crippen LogP contribution < -0.4 is 0 Å². The zero-order valence-corrected chi connectivity index (χ0v) is 3.86. The molecule has 0 saturated heterocycles. The van der Waals surface area contributed by atoms with Crippen LogP contribution in [0.3, 0.4) is 0 Å². The van der Waals surface area contributed by atoms with Crippen LogP contribution in [0, 0.1) is 10.8 Å². The van der Waals surface area contributed by atoms with Crippen molar-refractivity contribution in [1.82, 2.24) is 0 Å². The third kappa shape index (κ3) is 29.8. The van der Waals surface area contributed by atoms with Gasteiger partial charge in [-0.2, -0.15) is 0 Å². The summed E-state index contributed by atoms with van der Waals surface area (Å²) in [5.41, 5.74) is 0. The summed E-state index contributed by atoms with van der Waals surface area (Å²) >= 11 is 0. The van der Waals surface area contributed by atoms with Crippen molar-refractivity contribution in [1.29, 1.82) is 10.8 Å². The molecular weight excluding hydrogens is 96.0 g/mol. The Morgan fingerprint density at radius 3 is 1.71 bits per heavy atom. The molecule has 3 N–H and O–H groups in total. The predicted molar refractivity (Wildman–Crippen MR) is 23.8 cm³/mol. The molecule has 40 valence electrons. The first-order chi connectivity index (χ1) is 3.15. The van der Waals surface area contributed by atoms with Crippen LogP contribution in [0.1, 0.15) is 6.92 Å². The topological polar surface area (TPSA) is 85.0 Å². The lowest BCUT2D eigenvalue weighted by Crippen LogP contribution is -1.78. The van der Waals surface area contributed by atoms with Gasteiger partial charge in [-0.3, -0.25) is 4.79 Å². The molecule has 0 spiro atoms. The van der Waals surface area contributed by atoms with Gasteiger partial charge in [0, 0.05) is 6.92 Å². The van der Waals surface area contributed by atoms with Gasteiger partial charge in [0.25, 0.3) is 5.97 Å². The van der Waals surface area contributed by atoms with Crippen molar-refractivity contribution in [3.05, 3.63) is 0 Å². The summed E-state index contributed by atoms with van der Waals surface area (Å²) in [6, 6.07) is 1.25. The summed E-state index contributed by atoms with van der Waals surface area (Å²) in [4.78, 5) is 9.00. The molecule has 0 atom stereocenters. The van der Waals surface area contributed by atoms with E-state index in [1.807, 2.05) is 0 Å². The molecule has 0 aromatic heterocycles. The molecule has 7 heavy (non-hydrogen) atoms. The Labute approximate surface area is 40.8 Å². The molecular formula is C3H6N2O2. The Morgan fingerprint density at radius 1 is 1.71 bits per heavy atom. The average Bonchev–Trinajstić information content (AvgIpc) is 1.33. The quantitative estimate of drug-likeness (QED) is 0.387. The van der Waals surface area contributed by atoms with Crippen LogP contribution in [0.4, 0.5) is 0 Å². The van der Waals surface area contributed by atoms with Crippen molar-refractivity contribution >= 4 is 12.0 Å². The van der Waals surface area contributed by atoms with E-state index in [1.165, 1.54) is 6.01 Å². The molecule has 0 aromatic carbocycles. The van der Waals surface area contributed by atoms with Crippen molar-refractivity contribution in [2.24, 2.45) is 0 Å². The van der Waals surface area contributed by atoms with Gasteiger partial charge >= 0.3 is 0 Å². The zero-order chi connectivity index (χ0) is 6.28. The highest BCUT2D eigenvalue weighted by atomic mass is 16.4. The molecule has 0 unspecified atom stereocenters. The lowest BCUT2D eigenvalue weighted by Gasteiger charge is -1.59. The van der Waals surface area contributed by atoms with Crippen LogP contribution in [0.5, 0.6) is 0 Å². The number of carbonyl (C=O) groups is 1. The van der Waals surface area contributed by atoms with Crippen LogP contribution in [-0.2, 0) is 4.79 Å². The molecule has 0 aliphatic rings. The molecule has 0 heterocycles. The number of nitrogens with one attached hydrogen (secondary N) is 2. The Hall–Kier alpha value is -1.15. The molecule has 0 radical (unpaired) electrons. The Bertz CT molecular complexity index is 78.9. The molecule has 0 saturated carbocycles. The van der Waals surface area contributed by atoms with Crippen LogP contribution in [0.2, 0.25) is 0 Å². The van der Waals surface area contributed by atoms with Gasteiger partial charge in [-0.1, -0.05) is 0 Å².